The molecule has 3 amide bonds. The molecule has 0 fully saturated rings. The van der Waals surface area contributed by atoms with E-state index in [9.17, 15) is 9.59 Å². The maximum atomic E-state index is 12.2. The Labute approximate surface area is 186 Å². The minimum Gasteiger partial charge on any atom is -0.457 e. The third-order valence-corrected chi connectivity index (χ3v) is 4.42. The molecule has 0 atom stereocenters. The number of rotatable bonds is 7. The Bertz CT molecular complexity index is 1070. The molecule has 0 unspecified atom stereocenters. The Morgan fingerprint density at radius 1 is 1.06 bits per heavy atom. The lowest BCUT2D eigenvalue weighted by atomic mass is 9.97. The molecule has 0 aliphatic heterocycles. The molecule has 0 saturated carbocycles. The standard InChI is InChI=1S/C23H27N5O4/c1-15(2)28(14-29)17-7-6-8-19(13-17)31-18-11-9-16(10-12-18)24-21(30)25-22-27-26-20(32-22)23(3,4)5/h6-15H,1-5H3,(H2,24,25,27,30). The van der Waals surface area contributed by atoms with Crippen molar-refractivity contribution in [3.05, 3.63) is 54.4 Å². The fraction of sp³-hybridized carbons (Fsp3) is 0.304. The summed E-state index contributed by atoms with van der Waals surface area (Å²) in [6.45, 7) is 9.68. The van der Waals surface area contributed by atoms with Crippen molar-refractivity contribution >= 4 is 29.8 Å². The minimum absolute atomic E-state index is 0.0259. The Hall–Kier alpha value is -3.88. The van der Waals surface area contributed by atoms with E-state index in [0.29, 0.717) is 23.1 Å². The summed E-state index contributed by atoms with van der Waals surface area (Å²) in [7, 11) is 0. The monoisotopic (exact) mass is 437 g/mol. The molecule has 3 aromatic rings. The van der Waals surface area contributed by atoms with Gasteiger partial charge in [0.05, 0.1) is 0 Å². The van der Waals surface area contributed by atoms with Crippen molar-refractivity contribution in [3.8, 4) is 11.5 Å². The Morgan fingerprint density at radius 2 is 1.78 bits per heavy atom. The van der Waals surface area contributed by atoms with Crippen LogP contribution in [0.25, 0.3) is 0 Å². The number of aromatic nitrogens is 2. The molecule has 168 valence electrons. The van der Waals surface area contributed by atoms with Crippen molar-refractivity contribution < 1.29 is 18.7 Å². The molecule has 3 rings (SSSR count). The first-order chi connectivity index (χ1) is 15.2. The van der Waals surface area contributed by atoms with Crippen LogP contribution < -0.4 is 20.3 Å². The first-order valence-electron chi connectivity index (χ1n) is 10.2. The molecule has 9 nitrogen and oxygen atoms in total. The first kappa shape index (κ1) is 22.8. The van der Waals surface area contributed by atoms with E-state index in [0.717, 1.165) is 12.1 Å². The van der Waals surface area contributed by atoms with Gasteiger partial charge in [0.25, 0.3) is 0 Å². The highest BCUT2D eigenvalue weighted by atomic mass is 16.5. The molecule has 0 spiro atoms. The van der Waals surface area contributed by atoms with Crippen LogP contribution in [0.15, 0.2) is 52.9 Å². The SMILES string of the molecule is CC(C)N(C=O)c1cccc(Oc2ccc(NC(=O)Nc3nnc(C(C)(C)C)o3)cc2)c1. The Kier molecular flexibility index (Phi) is 6.77. The van der Waals surface area contributed by atoms with Gasteiger partial charge >= 0.3 is 12.0 Å². The van der Waals surface area contributed by atoms with Gasteiger partial charge in [-0.15, -0.1) is 5.10 Å². The van der Waals surface area contributed by atoms with E-state index in [1.165, 1.54) is 0 Å². The zero-order valence-corrected chi connectivity index (χ0v) is 18.7. The third kappa shape index (κ3) is 5.84. The quantitative estimate of drug-likeness (QED) is 0.493. The Morgan fingerprint density at radius 3 is 2.38 bits per heavy atom. The van der Waals surface area contributed by atoms with Gasteiger partial charge in [0, 0.05) is 28.9 Å². The van der Waals surface area contributed by atoms with Crippen LogP contribution in [-0.2, 0) is 10.2 Å². The zero-order chi connectivity index (χ0) is 23.3. The van der Waals surface area contributed by atoms with E-state index in [-0.39, 0.29) is 17.5 Å². The molecule has 0 saturated heterocycles. The van der Waals surface area contributed by atoms with Crippen molar-refractivity contribution in [2.75, 3.05) is 15.5 Å². The number of nitrogens with zero attached hydrogens (tertiary/aromatic N) is 3. The van der Waals surface area contributed by atoms with Crippen LogP contribution in [0.4, 0.5) is 22.2 Å². The number of carbonyl (C=O) groups excluding carboxylic acids is 2. The number of carbonyl (C=O) groups is 2. The fourth-order valence-electron chi connectivity index (χ4n) is 2.77. The number of hydrogen-bond acceptors (Lipinski definition) is 6. The van der Waals surface area contributed by atoms with Crippen molar-refractivity contribution in [2.45, 2.75) is 46.1 Å². The van der Waals surface area contributed by atoms with Crippen LogP contribution in [0.1, 0.15) is 40.5 Å². The van der Waals surface area contributed by atoms with Crippen LogP contribution >= 0.6 is 0 Å². The molecule has 2 N–H and O–H groups in total. The summed E-state index contributed by atoms with van der Waals surface area (Å²) in [5.41, 5.74) is 1.00. The van der Waals surface area contributed by atoms with Crippen molar-refractivity contribution in [3.63, 3.8) is 0 Å². The van der Waals surface area contributed by atoms with Gasteiger partial charge in [0.15, 0.2) is 0 Å². The van der Waals surface area contributed by atoms with Gasteiger partial charge in [-0.2, -0.15) is 0 Å². The van der Waals surface area contributed by atoms with Crippen molar-refractivity contribution in [1.82, 2.24) is 10.2 Å². The topological polar surface area (TPSA) is 110 Å². The van der Waals surface area contributed by atoms with Crippen LogP contribution in [-0.4, -0.2) is 28.7 Å². The molecular formula is C23H27N5O4. The summed E-state index contributed by atoms with van der Waals surface area (Å²) in [4.78, 5) is 25.1. The molecular weight excluding hydrogens is 410 g/mol. The van der Waals surface area contributed by atoms with Crippen molar-refractivity contribution in [1.29, 1.82) is 0 Å². The smallest absolute Gasteiger partial charge is 0.327 e. The number of ether oxygens (including phenoxy) is 1. The van der Waals surface area contributed by atoms with Crippen molar-refractivity contribution in [2.24, 2.45) is 0 Å². The maximum absolute atomic E-state index is 12.2. The third-order valence-electron chi connectivity index (χ3n) is 4.42. The fourth-order valence-corrected chi connectivity index (χ4v) is 2.77. The lowest BCUT2D eigenvalue weighted by Crippen LogP contribution is -2.28. The van der Waals surface area contributed by atoms with Crippen LogP contribution in [0.3, 0.4) is 0 Å². The molecule has 0 bridgehead atoms. The van der Waals surface area contributed by atoms with E-state index in [4.69, 9.17) is 9.15 Å². The average Bonchev–Trinajstić information content (AvgIpc) is 3.19. The van der Waals surface area contributed by atoms with Gasteiger partial charge in [-0.25, -0.2) is 4.79 Å². The number of anilines is 3. The van der Waals surface area contributed by atoms with Crippen LogP contribution in [0.2, 0.25) is 0 Å². The number of urea groups is 1. The minimum atomic E-state index is -0.502. The summed E-state index contributed by atoms with van der Waals surface area (Å²) < 4.78 is 11.3. The molecule has 1 heterocycles. The van der Waals surface area contributed by atoms with E-state index in [1.807, 2.05) is 52.8 Å². The van der Waals surface area contributed by atoms with Gasteiger partial charge in [0.1, 0.15) is 11.5 Å². The molecule has 0 radical (unpaired) electrons. The number of amides is 3. The molecule has 0 aliphatic rings. The average molecular weight is 438 g/mol. The molecule has 0 aliphatic carbocycles. The predicted molar refractivity (Wildman–Crippen MR) is 122 cm³/mol. The van der Waals surface area contributed by atoms with E-state index >= 15 is 0 Å². The zero-order valence-electron chi connectivity index (χ0n) is 18.7. The summed E-state index contributed by atoms with van der Waals surface area (Å²) >= 11 is 0. The normalized spacial score (nSPS) is 11.2. The highest BCUT2D eigenvalue weighted by molar-refractivity contribution is 5.98. The van der Waals surface area contributed by atoms with Gasteiger partial charge in [-0.1, -0.05) is 31.9 Å². The highest BCUT2D eigenvalue weighted by Gasteiger charge is 2.22. The summed E-state index contributed by atoms with van der Waals surface area (Å²) in [6, 6.07) is 13.7. The number of nitrogens with one attached hydrogen (secondary N) is 2. The summed E-state index contributed by atoms with van der Waals surface area (Å²) in [6.07, 6.45) is 0.799. The van der Waals surface area contributed by atoms with E-state index < -0.39 is 6.03 Å². The lowest BCUT2D eigenvalue weighted by Gasteiger charge is -2.22. The highest BCUT2D eigenvalue weighted by Crippen LogP contribution is 2.27. The predicted octanol–water partition coefficient (Wildman–Crippen LogP) is 5.17. The van der Waals surface area contributed by atoms with Gasteiger partial charge in [0.2, 0.25) is 12.3 Å². The first-order valence-corrected chi connectivity index (χ1v) is 10.2. The van der Waals surface area contributed by atoms with E-state index in [2.05, 4.69) is 20.8 Å². The second kappa shape index (κ2) is 9.51. The van der Waals surface area contributed by atoms with Crippen LogP contribution in [0, 0.1) is 0 Å². The van der Waals surface area contributed by atoms with Crippen LogP contribution in [0.5, 0.6) is 11.5 Å². The van der Waals surface area contributed by atoms with Gasteiger partial charge in [-0.05, 0) is 50.2 Å². The van der Waals surface area contributed by atoms with Gasteiger partial charge in [-0.3, -0.25) is 10.1 Å². The number of benzene rings is 2. The summed E-state index contributed by atoms with van der Waals surface area (Å²) in [5.74, 6) is 1.62. The maximum Gasteiger partial charge on any atom is 0.327 e. The molecule has 9 heteroatoms. The van der Waals surface area contributed by atoms with Gasteiger partial charge < -0.3 is 19.4 Å². The lowest BCUT2D eigenvalue weighted by molar-refractivity contribution is -0.107. The summed E-state index contributed by atoms with van der Waals surface area (Å²) in [5, 5.41) is 13.0. The number of hydrogen-bond donors (Lipinski definition) is 2. The largest absolute Gasteiger partial charge is 0.457 e. The Balaban J connectivity index is 1.60. The second-order valence-corrected chi connectivity index (χ2v) is 8.47. The molecule has 2 aromatic carbocycles. The molecule has 32 heavy (non-hydrogen) atoms. The second-order valence-electron chi connectivity index (χ2n) is 8.47. The molecule has 1 aromatic heterocycles. The van der Waals surface area contributed by atoms with E-state index in [1.54, 1.807) is 35.2 Å².